The van der Waals surface area contributed by atoms with Crippen LogP contribution in [0.2, 0.25) is 0 Å². The molecule has 0 saturated carbocycles. The van der Waals surface area contributed by atoms with Crippen molar-refractivity contribution >= 4 is 42.6 Å². The van der Waals surface area contributed by atoms with E-state index in [-0.39, 0.29) is 24.1 Å². The van der Waals surface area contributed by atoms with Gasteiger partial charge in [-0.05, 0) is 43.4 Å². The fourth-order valence-corrected chi connectivity index (χ4v) is 6.75. The largest absolute Gasteiger partial charge is 0.287 e. The molecule has 32 heavy (non-hydrogen) atoms. The Labute approximate surface area is 193 Å². The van der Waals surface area contributed by atoms with Gasteiger partial charge in [-0.2, -0.15) is 0 Å². The van der Waals surface area contributed by atoms with Crippen LogP contribution >= 0.6 is 11.3 Å². The molecular weight excluding hydrogens is 442 g/mol. The number of anilines is 1. The number of rotatable bonds is 8. The minimum atomic E-state index is -3.32. The highest BCUT2D eigenvalue weighted by atomic mass is 32.2. The topological polar surface area (TPSA) is 70.6 Å². The van der Waals surface area contributed by atoms with Crippen LogP contribution in [0.3, 0.4) is 0 Å². The van der Waals surface area contributed by atoms with E-state index in [0.717, 1.165) is 15.8 Å². The lowest BCUT2D eigenvalue weighted by molar-refractivity contribution is -0.123. The van der Waals surface area contributed by atoms with Crippen LogP contribution in [0.4, 0.5) is 5.13 Å². The van der Waals surface area contributed by atoms with Gasteiger partial charge in [0.05, 0.1) is 21.9 Å². The summed E-state index contributed by atoms with van der Waals surface area (Å²) in [7, 11) is -3.32. The molecule has 0 aliphatic carbocycles. The predicted molar refractivity (Wildman–Crippen MR) is 130 cm³/mol. The number of hydrogen-bond donors (Lipinski definition) is 0. The predicted octanol–water partition coefficient (Wildman–Crippen LogP) is 4.32. The van der Waals surface area contributed by atoms with Gasteiger partial charge < -0.3 is 0 Å². The highest BCUT2D eigenvalue weighted by Gasteiger charge is 2.35. The Hall–Kier alpha value is -2.29. The summed E-state index contributed by atoms with van der Waals surface area (Å²) in [6.07, 6.45) is 2.69. The summed E-state index contributed by atoms with van der Waals surface area (Å²) in [6.45, 7) is 3.13. The average Bonchev–Trinajstić information content (AvgIpc) is 3.24. The van der Waals surface area contributed by atoms with E-state index in [9.17, 15) is 13.2 Å². The van der Waals surface area contributed by atoms with Crippen LogP contribution in [-0.4, -0.2) is 49.0 Å². The standard InChI is InChI=1S/C24H29N3O3S2/c1-2-17-32(29,30)26-15-8-11-20(18-26)23(28)27(16-14-19-9-4-3-5-10-19)24-25-21-12-6-7-13-22(21)31-24/h3-7,9-10,12-13,20H,2,8,11,14-18H2,1H3. The molecule has 1 amide bonds. The molecule has 1 unspecified atom stereocenters. The fourth-order valence-electron chi connectivity index (χ4n) is 4.17. The molecule has 0 radical (unpaired) electrons. The Kier molecular flexibility index (Phi) is 7.23. The lowest BCUT2D eigenvalue weighted by atomic mass is 9.98. The molecule has 1 saturated heterocycles. The Morgan fingerprint density at radius 1 is 1.16 bits per heavy atom. The number of para-hydroxylation sites is 1. The third-order valence-corrected chi connectivity index (χ3v) is 8.94. The van der Waals surface area contributed by atoms with E-state index in [1.165, 1.54) is 15.6 Å². The van der Waals surface area contributed by atoms with Gasteiger partial charge in [0.15, 0.2) is 5.13 Å². The van der Waals surface area contributed by atoms with Gasteiger partial charge >= 0.3 is 0 Å². The molecule has 0 spiro atoms. The molecular formula is C24H29N3O3S2. The van der Waals surface area contributed by atoms with Crippen LogP contribution in [0, 0.1) is 5.92 Å². The van der Waals surface area contributed by atoms with Crippen LogP contribution in [-0.2, 0) is 21.2 Å². The van der Waals surface area contributed by atoms with Gasteiger partial charge in [0, 0.05) is 19.6 Å². The molecule has 170 valence electrons. The summed E-state index contributed by atoms with van der Waals surface area (Å²) >= 11 is 1.51. The molecule has 2 aromatic carbocycles. The second-order valence-corrected chi connectivity index (χ2v) is 11.3. The Morgan fingerprint density at radius 2 is 1.91 bits per heavy atom. The van der Waals surface area contributed by atoms with Crippen LogP contribution in [0.1, 0.15) is 31.7 Å². The van der Waals surface area contributed by atoms with E-state index in [4.69, 9.17) is 4.98 Å². The molecule has 8 heteroatoms. The number of aromatic nitrogens is 1. The highest BCUT2D eigenvalue weighted by molar-refractivity contribution is 7.89. The Balaban J connectivity index is 1.59. The fraction of sp³-hybridized carbons (Fsp3) is 0.417. The van der Waals surface area contributed by atoms with Crippen molar-refractivity contribution in [3.8, 4) is 0 Å². The lowest BCUT2D eigenvalue weighted by Gasteiger charge is -2.33. The van der Waals surface area contributed by atoms with Crippen molar-refractivity contribution in [1.29, 1.82) is 0 Å². The monoisotopic (exact) mass is 471 g/mol. The zero-order valence-corrected chi connectivity index (χ0v) is 19.9. The molecule has 0 bridgehead atoms. The summed E-state index contributed by atoms with van der Waals surface area (Å²) in [4.78, 5) is 20.2. The minimum absolute atomic E-state index is 0.0311. The molecule has 1 aromatic heterocycles. The van der Waals surface area contributed by atoms with Crippen molar-refractivity contribution in [2.75, 3.05) is 30.3 Å². The first-order chi connectivity index (χ1) is 15.5. The number of carbonyl (C=O) groups is 1. The van der Waals surface area contributed by atoms with Gasteiger partial charge in [0.1, 0.15) is 0 Å². The Morgan fingerprint density at radius 3 is 2.66 bits per heavy atom. The highest BCUT2D eigenvalue weighted by Crippen LogP contribution is 2.31. The number of hydrogen-bond acceptors (Lipinski definition) is 5. The van der Waals surface area contributed by atoms with Crippen molar-refractivity contribution in [1.82, 2.24) is 9.29 Å². The molecule has 1 atom stereocenters. The van der Waals surface area contributed by atoms with Gasteiger partial charge in [-0.3, -0.25) is 9.69 Å². The number of benzene rings is 2. The van der Waals surface area contributed by atoms with E-state index in [1.807, 2.05) is 49.4 Å². The van der Waals surface area contributed by atoms with Gasteiger partial charge in [0.25, 0.3) is 0 Å². The van der Waals surface area contributed by atoms with Gasteiger partial charge in [-0.1, -0.05) is 60.7 Å². The van der Waals surface area contributed by atoms with Crippen molar-refractivity contribution in [2.24, 2.45) is 5.92 Å². The van der Waals surface area contributed by atoms with Crippen molar-refractivity contribution in [3.63, 3.8) is 0 Å². The molecule has 3 aromatic rings. The number of sulfonamides is 1. The number of amides is 1. The quantitative estimate of drug-likeness (QED) is 0.490. The van der Waals surface area contributed by atoms with Crippen LogP contribution < -0.4 is 4.90 Å². The summed E-state index contributed by atoms with van der Waals surface area (Å²) in [5.41, 5.74) is 2.03. The summed E-state index contributed by atoms with van der Waals surface area (Å²) in [6, 6.07) is 18.0. The van der Waals surface area contributed by atoms with Crippen molar-refractivity contribution in [2.45, 2.75) is 32.6 Å². The maximum Gasteiger partial charge on any atom is 0.233 e. The molecule has 4 rings (SSSR count). The van der Waals surface area contributed by atoms with E-state index < -0.39 is 10.0 Å². The Bertz CT molecular complexity index is 1130. The SMILES string of the molecule is CCCS(=O)(=O)N1CCCC(C(=O)N(CCc2ccccc2)c2nc3ccccc3s2)C1. The first kappa shape index (κ1) is 22.9. The smallest absolute Gasteiger partial charge is 0.233 e. The zero-order valence-electron chi connectivity index (χ0n) is 18.3. The number of carbonyl (C=O) groups excluding carboxylic acids is 1. The van der Waals surface area contributed by atoms with Crippen LogP contribution in [0.15, 0.2) is 54.6 Å². The molecule has 1 aliphatic rings. The number of fused-ring (bicyclic) bond motifs is 1. The van der Waals surface area contributed by atoms with Crippen molar-refractivity contribution in [3.05, 3.63) is 60.2 Å². The van der Waals surface area contributed by atoms with E-state index in [1.54, 1.807) is 4.90 Å². The van der Waals surface area contributed by atoms with Gasteiger partial charge in [-0.15, -0.1) is 0 Å². The number of piperidine rings is 1. The first-order valence-electron chi connectivity index (χ1n) is 11.2. The van der Waals surface area contributed by atoms with Gasteiger partial charge in [0.2, 0.25) is 15.9 Å². The third kappa shape index (κ3) is 5.19. The normalized spacial score (nSPS) is 17.5. The molecule has 1 aliphatic heterocycles. The first-order valence-corrected chi connectivity index (χ1v) is 13.6. The molecule has 2 heterocycles. The number of thiazole rings is 1. The number of nitrogens with zero attached hydrogens (tertiary/aromatic N) is 3. The summed E-state index contributed by atoms with van der Waals surface area (Å²) in [5.74, 6) is -0.252. The van der Waals surface area contributed by atoms with E-state index >= 15 is 0 Å². The third-order valence-electron chi connectivity index (χ3n) is 5.84. The lowest BCUT2D eigenvalue weighted by Crippen LogP contribution is -2.47. The van der Waals surface area contributed by atoms with Crippen LogP contribution in [0.5, 0.6) is 0 Å². The average molecular weight is 472 g/mol. The summed E-state index contributed by atoms with van der Waals surface area (Å²) < 4.78 is 27.8. The second kappa shape index (κ2) is 10.1. The molecule has 6 nitrogen and oxygen atoms in total. The minimum Gasteiger partial charge on any atom is -0.287 e. The maximum atomic E-state index is 13.7. The van der Waals surface area contributed by atoms with E-state index in [0.29, 0.717) is 43.9 Å². The zero-order chi connectivity index (χ0) is 22.6. The van der Waals surface area contributed by atoms with Gasteiger partial charge in [-0.25, -0.2) is 17.7 Å². The van der Waals surface area contributed by atoms with Crippen molar-refractivity contribution < 1.29 is 13.2 Å². The maximum absolute atomic E-state index is 13.7. The summed E-state index contributed by atoms with van der Waals surface area (Å²) in [5, 5.41) is 0.681. The van der Waals surface area contributed by atoms with Crippen LogP contribution in [0.25, 0.3) is 10.2 Å². The van der Waals surface area contributed by atoms with E-state index in [2.05, 4.69) is 12.1 Å². The molecule has 1 fully saturated rings. The second-order valence-electron chi connectivity index (χ2n) is 8.20. The molecule has 0 N–H and O–H groups in total.